The normalized spacial score (nSPS) is 12.3. The minimum absolute atomic E-state index is 0.868. The molecule has 0 saturated heterocycles. The quantitative estimate of drug-likeness (QED) is 0.191. The van der Waals surface area contributed by atoms with E-state index in [9.17, 15) is 0 Å². The number of rotatable bonds is 7. The first kappa shape index (κ1) is 25.8. The van der Waals surface area contributed by atoms with Gasteiger partial charge in [0.15, 0.2) is 0 Å². The van der Waals surface area contributed by atoms with Crippen molar-refractivity contribution in [3.05, 3.63) is 112 Å². The summed E-state index contributed by atoms with van der Waals surface area (Å²) in [5.74, 6) is 0. The highest BCUT2D eigenvalue weighted by Gasteiger charge is 2.06. The van der Waals surface area contributed by atoms with Gasteiger partial charge in [-0.15, -0.1) is 0 Å². The fourth-order valence-corrected chi connectivity index (χ4v) is 3.82. The summed E-state index contributed by atoms with van der Waals surface area (Å²) in [6.07, 6.45) is 9.50. The Hall–Kier alpha value is -3.42. The van der Waals surface area contributed by atoms with E-state index >= 15 is 0 Å². The van der Waals surface area contributed by atoms with Crippen molar-refractivity contribution in [3.63, 3.8) is 0 Å². The molecule has 3 rings (SSSR count). The molecule has 0 heterocycles. The van der Waals surface area contributed by atoms with Crippen LogP contribution in [-0.2, 0) is 0 Å². The summed E-state index contributed by atoms with van der Waals surface area (Å²) in [5.41, 5.74) is 14.7. The molecular formula is C29H33N3S. The van der Waals surface area contributed by atoms with E-state index in [1.807, 2.05) is 38.2 Å². The Labute approximate surface area is 203 Å². The van der Waals surface area contributed by atoms with Crippen molar-refractivity contribution in [2.75, 3.05) is 17.1 Å². The lowest BCUT2D eigenvalue weighted by atomic mass is 10.1. The molecular weight excluding hydrogens is 422 g/mol. The first-order valence-electron chi connectivity index (χ1n) is 10.8. The highest BCUT2D eigenvalue weighted by molar-refractivity contribution is 8.00. The molecule has 2 aromatic carbocycles. The second kappa shape index (κ2) is 13.2. The van der Waals surface area contributed by atoms with Gasteiger partial charge in [-0.05, 0) is 98.7 Å². The zero-order valence-electron chi connectivity index (χ0n) is 20.4. The van der Waals surface area contributed by atoms with Gasteiger partial charge < -0.3 is 10.0 Å². The lowest BCUT2D eigenvalue weighted by Crippen LogP contribution is -2.00. The first-order chi connectivity index (χ1) is 15.8. The number of nitrogens with one attached hydrogen (secondary N) is 2. The molecule has 2 N–H and O–H groups in total. The molecule has 170 valence electrons. The van der Waals surface area contributed by atoms with Gasteiger partial charge in [0, 0.05) is 29.5 Å². The van der Waals surface area contributed by atoms with Crippen molar-refractivity contribution in [1.82, 2.24) is 0 Å². The minimum atomic E-state index is 0.868. The average molecular weight is 456 g/mol. The Morgan fingerprint density at radius 3 is 2.36 bits per heavy atom. The van der Waals surface area contributed by atoms with Gasteiger partial charge in [-0.25, -0.2) is 0 Å². The van der Waals surface area contributed by atoms with Gasteiger partial charge in [-0.1, -0.05) is 54.5 Å². The number of allylic oxidation sites excluding steroid dienone is 6. The summed E-state index contributed by atoms with van der Waals surface area (Å²) in [7, 11) is 1.76. The first-order valence-corrected chi connectivity index (χ1v) is 11.6. The smallest absolute Gasteiger partial charge is 0.0501 e. The standard InChI is InChI=1S/C22H27N3S.C7H6/c1-15(12-13-23-6)19(5)24-20-11-10-16(2)21(14-20)26-25-22-17(3)8-7-9-18(22)4;1-7-5-3-2-4-6-7/h7-14,24-25H,5H2,1-4,6H3;2-3,5H,1H3/b15-12+,23-13?;. The highest BCUT2D eigenvalue weighted by Crippen LogP contribution is 2.30. The SMILES string of the molecule is C=C(Nc1ccc(C)c(SNc2c(C)cccc2C)c1)/C(C)=C/C=NC.CC1=C=C=CC=C1. The summed E-state index contributed by atoms with van der Waals surface area (Å²) in [4.78, 5) is 5.16. The predicted molar refractivity (Wildman–Crippen MR) is 147 cm³/mol. The Morgan fingerprint density at radius 2 is 1.79 bits per heavy atom. The molecule has 4 heteroatoms. The molecule has 0 radical (unpaired) electrons. The van der Waals surface area contributed by atoms with Crippen LogP contribution >= 0.6 is 11.9 Å². The van der Waals surface area contributed by atoms with Crippen LogP contribution in [0.25, 0.3) is 0 Å². The maximum atomic E-state index is 4.11. The zero-order chi connectivity index (χ0) is 24.2. The summed E-state index contributed by atoms with van der Waals surface area (Å²) in [5, 5.41) is 3.37. The Kier molecular flexibility index (Phi) is 10.3. The van der Waals surface area contributed by atoms with E-state index in [1.165, 1.54) is 27.3 Å². The molecule has 0 bridgehead atoms. The fraction of sp³-hybridized carbons (Fsp3) is 0.207. The van der Waals surface area contributed by atoms with Gasteiger partial charge in [0.2, 0.25) is 0 Å². The third kappa shape index (κ3) is 8.56. The molecule has 33 heavy (non-hydrogen) atoms. The molecule has 2 aromatic rings. The molecule has 0 spiro atoms. The van der Waals surface area contributed by atoms with Crippen molar-refractivity contribution in [2.24, 2.45) is 4.99 Å². The largest absolute Gasteiger partial charge is 0.356 e. The van der Waals surface area contributed by atoms with Crippen LogP contribution in [0.2, 0.25) is 0 Å². The molecule has 0 aromatic heterocycles. The van der Waals surface area contributed by atoms with Crippen molar-refractivity contribution in [3.8, 4) is 0 Å². The highest BCUT2D eigenvalue weighted by atomic mass is 32.2. The molecule has 1 aliphatic rings. The number of para-hydroxylation sites is 1. The van der Waals surface area contributed by atoms with Gasteiger partial charge >= 0.3 is 0 Å². The third-order valence-electron chi connectivity index (χ3n) is 4.97. The number of benzene rings is 2. The topological polar surface area (TPSA) is 36.4 Å². The molecule has 1 aliphatic carbocycles. The van der Waals surface area contributed by atoms with Crippen molar-refractivity contribution in [1.29, 1.82) is 0 Å². The van der Waals surface area contributed by atoms with Gasteiger partial charge in [0.05, 0.1) is 5.69 Å². The van der Waals surface area contributed by atoms with Crippen LogP contribution < -0.4 is 10.0 Å². The maximum absolute atomic E-state index is 4.11. The Bertz CT molecular complexity index is 1170. The Morgan fingerprint density at radius 1 is 1.06 bits per heavy atom. The van der Waals surface area contributed by atoms with Gasteiger partial charge in [0.1, 0.15) is 0 Å². The van der Waals surface area contributed by atoms with Crippen molar-refractivity contribution in [2.45, 2.75) is 39.5 Å². The zero-order valence-corrected chi connectivity index (χ0v) is 21.2. The molecule has 0 unspecified atom stereocenters. The van der Waals surface area contributed by atoms with Gasteiger partial charge in [-0.3, -0.25) is 4.99 Å². The van der Waals surface area contributed by atoms with E-state index in [4.69, 9.17) is 0 Å². The van der Waals surface area contributed by atoms with Crippen LogP contribution in [0.3, 0.4) is 0 Å². The molecule has 0 fully saturated rings. The molecule has 0 atom stereocenters. The number of hydrogen-bond donors (Lipinski definition) is 2. The van der Waals surface area contributed by atoms with Crippen molar-refractivity contribution < 1.29 is 0 Å². The molecule has 0 amide bonds. The van der Waals surface area contributed by atoms with Gasteiger partial charge in [-0.2, -0.15) is 0 Å². The van der Waals surface area contributed by atoms with Crippen LogP contribution in [0.5, 0.6) is 0 Å². The molecule has 0 saturated carbocycles. The van der Waals surface area contributed by atoms with Gasteiger partial charge in [0.25, 0.3) is 0 Å². The number of hydrogen-bond acceptors (Lipinski definition) is 4. The van der Waals surface area contributed by atoms with Crippen LogP contribution in [0.15, 0.2) is 105 Å². The minimum Gasteiger partial charge on any atom is -0.356 e. The summed E-state index contributed by atoms with van der Waals surface area (Å²) < 4.78 is 3.51. The third-order valence-corrected chi connectivity index (χ3v) is 5.94. The van der Waals surface area contributed by atoms with Crippen LogP contribution in [0.1, 0.15) is 30.5 Å². The fourth-order valence-electron chi connectivity index (χ4n) is 2.87. The predicted octanol–water partition coefficient (Wildman–Crippen LogP) is 8.12. The Balaban J connectivity index is 0.000000468. The van der Waals surface area contributed by atoms with E-state index in [-0.39, 0.29) is 0 Å². The number of aliphatic imine (C=N–C) groups is 1. The summed E-state index contributed by atoms with van der Waals surface area (Å²) >= 11 is 1.64. The monoisotopic (exact) mass is 455 g/mol. The van der Waals surface area contributed by atoms with E-state index in [0.717, 1.165) is 22.5 Å². The van der Waals surface area contributed by atoms with Crippen LogP contribution in [-0.4, -0.2) is 13.3 Å². The summed E-state index contributed by atoms with van der Waals surface area (Å²) in [6.45, 7) is 14.5. The number of anilines is 2. The van der Waals surface area contributed by atoms with Crippen LogP contribution in [0, 0.1) is 20.8 Å². The average Bonchev–Trinajstić information content (AvgIpc) is 2.80. The number of aryl methyl sites for hydroxylation is 3. The summed E-state index contributed by atoms with van der Waals surface area (Å²) in [6, 6.07) is 12.7. The lowest BCUT2D eigenvalue weighted by molar-refractivity contribution is 1.28. The van der Waals surface area contributed by atoms with Crippen molar-refractivity contribution >= 4 is 29.5 Å². The molecule has 0 aliphatic heterocycles. The molecule has 3 nitrogen and oxygen atoms in total. The van der Waals surface area contributed by atoms with Crippen LogP contribution in [0.4, 0.5) is 11.4 Å². The second-order valence-electron chi connectivity index (χ2n) is 7.79. The van der Waals surface area contributed by atoms with E-state index < -0.39 is 0 Å². The second-order valence-corrected chi connectivity index (χ2v) is 8.64. The maximum Gasteiger partial charge on any atom is 0.0501 e. The van der Waals surface area contributed by atoms with E-state index in [2.05, 4.69) is 90.2 Å². The number of nitrogens with zero attached hydrogens (tertiary/aromatic N) is 1. The van der Waals surface area contributed by atoms with E-state index in [1.54, 1.807) is 25.2 Å². The van der Waals surface area contributed by atoms with E-state index in [0.29, 0.717) is 0 Å². The lowest BCUT2D eigenvalue weighted by Gasteiger charge is -2.15.